The highest BCUT2D eigenvalue weighted by molar-refractivity contribution is 6.03. The Labute approximate surface area is 265 Å². The van der Waals surface area contributed by atoms with Crippen LogP contribution in [0.4, 0.5) is 14.6 Å². The third-order valence-corrected chi connectivity index (χ3v) is 11.9. The van der Waals surface area contributed by atoms with E-state index in [0.717, 1.165) is 51.4 Å². The van der Waals surface area contributed by atoms with Crippen LogP contribution in [0.1, 0.15) is 44.1 Å². The number of aromatic hydroxyl groups is 1. The van der Waals surface area contributed by atoms with Gasteiger partial charge in [0.1, 0.15) is 35.2 Å². The number of nitrogens with zero attached hydrogens (tertiary/aromatic N) is 5. The van der Waals surface area contributed by atoms with Crippen LogP contribution < -0.4 is 15.0 Å². The van der Waals surface area contributed by atoms with Crippen LogP contribution in [0.15, 0.2) is 30.5 Å². The van der Waals surface area contributed by atoms with E-state index in [9.17, 15) is 9.50 Å². The fraction of sp³-hybridized carbons (Fsp3) is 0.472. The molecule has 0 radical (unpaired) electrons. The van der Waals surface area contributed by atoms with E-state index < -0.39 is 11.6 Å². The number of terminal acetylenes is 1. The molecule has 6 aliphatic rings. The van der Waals surface area contributed by atoms with Crippen molar-refractivity contribution in [1.82, 2.24) is 25.2 Å². The fourth-order valence-electron chi connectivity index (χ4n) is 9.57. The molecule has 234 valence electrons. The summed E-state index contributed by atoms with van der Waals surface area (Å²) in [4.78, 5) is 19.1. The molecule has 1 spiro atoms. The predicted molar refractivity (Wildman–Crippen MR) is 170 cm³/mol. The molecule has 2 aromatic heterocycles. The summed E-state index contributed by atoms with van der Waals surface area (Å²) in [5.74, 6) is 3.03. The van der Waals surface area contributed by atoms with E-state index >= 15 is 4.39 Å². The maximum atomic E-state index is 16.9. The predicted octanol–water partition coefficient (Wildman–Crippen LogP) is 5.00. The number of piperidine rings is 1. The lowest BCUT2D eigenvalue weighted by molar-refractivity contribution is 0.0828. The SMILES string of the molecule is C#Cc1c(F)ccc2cc(O)cc(-c3ncc4c(N5C[C@H]6CC[C@@H](C5)N6)nc(OC[C@@]56CC7(CC7)CN5C[C@H]5C[C@H]56)nc4c3F)c12. The Morgan fingerprint density at radius 1 is 1.11 bits per heavy atom. The Hall–Kier alpha value is -4.07. The Kier molecular flexibility index (Phi) is 5.45. The summed E-state index contributed by atoms with van der Waals surface area (Å²) in [5, 5.41) is 15.5. The van der Waals surface area contributed by atoms with Crippen molar-refractivity contribution >= 4 is 27.5 Å². The summed E-state index contributed by atoms with van der Waals surface area (Å²) in [7, 11) is 0. The van der Waals surface area contributed by atoms with Crippen LogP contribution in [0, 0.1) is 41.2 Å². The summed E-state index contributed by atoms with van der Waals surface area (Å²) in [5.41, 5.74) is 0.651. The summed E-state index contributed by atoms with van der Waals surface area (Å²) in [6, 6.07) is 6.46. The van der Waals surface area contributed by atoms with Gasteiger partial charge in [0, 0.05) is 55.4 Å². The van der Waals surface area contributed by atoms with Crippen molar-refractivity contribution in [2.24, 2.45) is 17.3 Å². The first-order valence-corrected chi connectivity index (χ1v) is 16.5. The van der Waals surface area contributed by atoms with E-state index in [-0.39, 0.29) is 39.6 Å². The van der Waals surface area contributed by atoms with Gasteiger partial charge in [0.05, 0.1) is 16.5 Å². The van der Waals surface area contributed by atoms with Gasteiger partial charge in [0.2, 0.25) is 0 Å². The van der Waals surface area contributed by atoms with Gasteiger partial charge in [-0.3, -0.25) is 9.88 Å². The molecule has 10 rings (SSSR count). The first-order valence-electron chi connectivity index (χ1n) is 16.5. The number of nitrogens with one attached hydrogen (secondary N) is 1. The quantitative estimate of drug-likeness (QED) is 0.302. The number of phenols is 1. The maximum Gasteiger partial charge on any atom is 0.319 e. The van der Waals surface area contributed by atoms with E-state index in [1.165, 1.54) is 43.5 Å². The Morgan fingerprint density at radius 2 is 1.93 bits per heavy atom. The van der Waals surface area contributed by atoms with Crippen molar-refractivity contribution in [2.75, 3.05) is 37.7 Å². The lowest BCUT2D eigenvalue weighted by atomic mass is 9.87. The smallest absolute Gasteiger partial charge is 0.319 e. The molecule has 0 unspecified atom stereocenters. The number of fused-ring (bicyclic) bond motifs is 7. The van der Waals surface area contributed by atoms with Gasteiger partial charge in [-0.25, -0.2) is 8.78 Å². The second-order valence-corrected chi connectivity index (χ2v) is 14.8. The highest BCUT2D eigenvalue weighted by Gasteiger charge is 2.70. The number of ether oxygens (including phenoxy) is 1. The van der Waals surface area contributed by atoms with Gasteiger partial charge in [-0.05, 0) is 79.4 Å². The van der Waals surface area contributed by atoms with Crippen molar-refractivity contribution < 1.29 is 18.6 Å². The van der Waals surface area contributed by atoms with Crippen LogP contribution >= 0.6 is 0 Å². The van der Waals surface area contributed by atoms with Crippen LogP contribution in [-0.4, -0.2) is 75.4 Å². The summed E-state index contributed by atoms with van der Waals surface area (Å²) in [6.07, 6.45) is 14.5. The zero-order valence-corrected chi connectivity index (χ0v) is 25.4. The maximum absolute atomic E-state index is 16.9. The molecule has 46 heavy (non-hydrogen) atoms. The Bertz CT molecular complexity index is 2010. The minimum atomic E-state index is -0.691. The third-order valence-electron chi connectivity index (χ3n) is 11.9. The molecule has 2 saturated carbocycles. The number of phenolic OH excluding ortho intramolecular Hbond substituents is 1. The molecule has 2 aliphatic carbocycles. The van der Waals surface area contributed by atoms with Gasteiger partial charge in [-0.1, -0.05) is 12.0 Å². The number of rotatable bonds is 5. The zero-order chi connectivity index (χ0) is 30.9. The minimum absolute atomic E-state index is 0.00588. The fourth-order valence-corrected chi connectivity index (χ4v) is 9.57. The van der Waals surface area contributed by atoms with E-state index in [4.69, 9.17) is 21.1 Å². The molecule has 8 nitrogen and oxygen atoms in total. The first-order chi connectivity index (χ1) is 22.3. The molecule has 0 amide bonds. The van der Waals surface area contributed by atoms with Gasteiger partial charge in [0.25, 0.3) is 0 Å². The third kappa shape index (κ3) is 3.88. The molecule has 2 N–H and O–H groups in total. The molecule has 5 atom stereocenters. The van der Waals surface area contributed by atoms with Gasteiger partial charge in [0.15, 0.2) is 5.82 Å². The molecule has 2 aromatic carbocycles. The molecular weight excluding hydrogens is 586 g/mol. The molecule has 2 bridgehead atoms. The summed E-state index contributed by atoms with van der Waals surface area (Å²) in [6.45, 7) is 4.29. The number of halogens is 2. The van der Waals surface area contributed by atoms with E-state index in [0.29, 0.717) is 52.0 Å². The van der Waals surface area contributed by atoms with Crippen molar-refractivity contribution in [3.8, 4) is 35.4 Å². The number of hydrogen-bond acceptors (Lipinski definition) is 8. The Balaban J connectivity index is 1.11. The van der Waals surface area contributed by atoms with Crippen molar-refractivity contribution in [1.29, 1.82) is 0 Å². The highest BCUT2D eigenvalue weighted by Crippen LogP contribution is 2.68. The van der Waals surface area contributed by atoms with Crippen LogP contribution in [0.3, 0.4) is 0 Å². The number of benzene rings is 2. The largest absolute Gasteiger partial charge is 0.508 e. The van der Waals surface area contributed by atoms with Crippen molar-refractivity contribution in [2.45, 2.75) is 56.1 Å². The molecule has 6 fully saturated rings. The molecule has 4 aliphatic heterocycles. The summed E-state index contributed by atoms with van der Waals surface area (Å²) >= 11 is 0. The number of anilines is 1. The molecular formula is C36H34F2N6O2. The number of aromatic nitrogens is 3. The average molecular weight is 621 g/mol. The minimum Gasteiger partial charge on any atom is -0.508 e. The van der Waals surface area contributed by atoms with E-state index in [2.05, 4.69) is 26.0 Å². The van der Waals surface area contributed by atoms with Gasteiger partial charge in [-0.15, -0.1) is 6.42 Å². The first kappa shape index (κ1) is 27.1. The summed E-state index contributed by atoms with van der Waals surface area (Å²) < 4.78 is 38.3. The van der Waals surface area contributed by atoms with Crippen LogP contribution in [0.5, 0.6) is 11.8 Å². The highest BCUT2D eigenvalue weighted by atomic mass is 19.1. The lowest BCUT2D eigenvalue weighted by Crippen LogP contribution is -2.51. The topological polar surface area (TPSA) is 86.6 Å². The van der Waals surface area contributed by atoms with Crippen molar-refractivity contribution in [3.05, 3.63) is 47.7 Å². The molecule has 4 aromatic rings. The Morgan fingerprint density at radius 3 is 2.72 bits per heavy atom. The average Bonchev–Trinajstić information content (AvgIpc) is 3.91. The second kappa shape index (κ2) is 9.26. The van der Waals surface area contributed by atoms with Gasteiger partial charge >= 0.3 is 6.01 Å². The number of piperazine rings is 1. The normalized spacial score (nSPS) is 30.2. The zero-order valence-electron chi connectivity index (χ0n) is 25.4. The van der Waals surface area contributed by atoms with Crippen LogP contribution in [0.25, 0.3) is 32.9 Å². The number of pyridine rings is 1. The lowest BCUT2D eigenvalue weighted by Gasteiger charge is -2.35. The molecule has 4 saturated heterocycles. The van der Waals surface area contributed by atoms with Crippen LogP contribution in [0.2, 0.25) is 0 Å². The van der Waals surface area contributed by atoms with Gasteiger partial charge < -0.3 is 20.1 Å². The van der Waals surface area contributed by atoms with Crippen molar-refractivity contribution in [3.63, 3.8) is 0 Å². The van der Waals surface area contributed by atoms with E-state index in [1.54, 1.807) is 6.20 Å². The monoisotopic (exact) mass is 620 g/mol. The second-order valence-electron chi connectivity index (χ2n) is 14.8. The van der Waals surface area contributed by atoms with Gasteiger partial charge in [-0.2, -0.15) is 9.97 Å². The molecule has 6 heterocycles. The molecule has 10 heteroatoms. The number of hydrogen-bond donors (Lipinski definition) is 2. The van der Waals surface area contributed by atoms with E-state index in [1.807, 2.05) is 0 Å². The standard InChI is InChI=1S/C36H34F2N6O2/c1-2-24-28(37)6-3-19-9-23(45)11-25(29(19)24)31-30(38)32-26(12-39-31)33(43-14-21-4-5-22(15-43)40-21)42-34(41-32)46-18-36-16-35(7-8-35)17-44(36)13-20-10-27(20)36/h1,3,6,9,11-12,20-22,27,40,45H,4-5,7-8,10,13-18H2/t20-,21-,22+,27-,36-/m1/s1. The van der Waals surface area contributed by atoms with Crippen LogP contribution in [-0.2, 0) is 0 Å².